The largest absolute Gasteiger partial charge is 0.366 e. The van der Waals surface area contributed by atoms with Gasteiger partial charge in [-0.3, -0.25) is 9.59 Å². The van der Waals surface area contributed by atoms with E-state index in [1.165, 1.54) is 31.8 Å². The van der Waals surface area contributed by atoms with Crippen molar-refractivity contribution in [2.45, 2.75) is 102 Å². The molecule has 7 nitrogen and oxygen atoms in total. The minimum atomic E-state index is -1.15. The van der Waals surface area contributed by atoms with Gasteiger partial charge in [0.2, 0.25) is 5.91 Å². The van der Waals surface area contributed by atoms with Crippen LogP contribution in [0, 0.1) is 5.92 Å². The van der Waals surface area contributed by atoms with Gasteiger partial charge in [-0.25, -0.2) is 0 Å². The maximum atomic E-state index is 12.4. The Morgan fingerprint density at radius 3 is 2.60 bits per heavy atom. The topological polar surface area (TPSA) is 101 Å². The first-order valence-corrected chi connectivity index (χ1v) is 11.2. The van der Waals surface area contributed by atoms with Crippen molar-refractivity contribution in [2.24, 2.45) is 5.92 Å². The average molecular weight is 420 g/mol. The van der Waals surface area contributed by atoms with E-state index >= 15 is 0 Å². The van der Waals surface area contributed by atoms with E-state index in [9.17, 15) is 14.7 Å². The summed E-state index contributed by atoms with van der Waals surface area (Å²) >= 11 is 0. The summed E-state index contributed by atoms with van der Waals surface area (Å²) in [5.74, 6) is 0.161. The Morgan fingerprint density at radius 2 is 1.93 bits per heavy atom. The number of ketones is 1. The molecule has 4 fully saturated rings. The molecule has 1 amide bonds. The van der Waals surface area contributed by atoms with Crippen LogP contribution < -0.4 is 5.32 Å². The molecule has 3 unspecified atom stereocenters. The number of hydrogen-bond donors (Lipinski definition) is 2. The van der Waals surface area contributed by atoms with Gasteiger partial charge < -0.3 is 24.6 Å². The molecule has 3 saturated heterocycles. The number of hydrogen-bond acceptors (Lipinski definition) is 6. The van der Waals surface area contributed by atoms with Crippen LogP contribution in [0.4, 0.5) is 0 Å². The minimum absolute atomic E-state index is 0.0361. The Labute approximate surface area is 177 Å². The minimum Gasteiger partial charge on any atom is -0.366 e. The smallest absolute Gasteiger partial charge is 0.244 e. The number of rotatable bonds is 9. The van der Waals surface area contributed by atoms with Crippen molar-refractivity contribution in [1.82, 2.24) is 5.32 Å². The van der Waals surface area contributed by atoms with Crippen LogP contribution in [0.2, 0.25) is 0 Å². The summed E-state index contributed by atoms with van der Waals surface area (Å²) in [5.41, 5.74) is 0.204. The van der Waals surface area contributed by atoms with Crippen LogP contribution in [0.15, 0.2) is 23.8 Å². The number of fused-ring (bicyclic) bond motifs is 4. The number of Topliss-reactive ketones (excluding diaryl/α,β-unsaturated/α-hetero) is 1. The molecule has 7 heteroatoms. The first-order valence-electron chi connectivity index (χ1n) is 11.2. The monoisotopic (exact) mass is 419 g/mol. The summed E-state index contributed by atoms with van der Waals surface area (Å²) < 4.78 is 16.8. The SMILES string of the molecule is CCCCCC[C@@H](C)C=C(C)C=CC(=O)NC1CC2(OC1O)[C@@H]1O[C@@H]1C(=O)[C@@H]1O[C@@H]12. The van der Waals surface area contributed by atoms with E-state index in [4.69, 9.17) is 14.2 Å². The van der Waals surface area contributed by atoms with Crippen molar-refractivity contribution >= 4 is 11.7 Å². The van der Waals surface area contributed by atoms with Crippen LogP contribution >= 0.6 is 0 Å². The zero-order valence-electron chi connectivity index (χ0n) is 18.0. The first kappa shape index (κ1) is 21.7. The normalized spacial score (nSPS) is 40.4. The molecule has 1 spiro atoms. The molecule has 3 aliphatic heterocycles. The van der Waals surface area contributed by atoms with Gasteiger partial charge in [0.25, 0.3) is 0 Å². The molecule has 0 aromatic carbocycles. The molecule has 2 N–H and O–H groups in total. The van der Waals surface area contributed by atoms with Crippen LogP contribution in [0.25, 0.3) is 0 Å². The van der Waals surface area contributed by atoms with Crippen molar-refractivity contribution in [2.75, 3.05) is 0 Å². The number of ether oxygens (including phenoxy) is 3. The van der Waals surface area contributed by atoms with Gasteiger partial charge in [0.05, 0.1) is 6.04 Å². The highest BCUT2D eigenvalue weighted by Crippen LogP contribution is 2.57. The third-order valence-electron chi connectivity index (χ3n) is 6.62. The van der Waals surface area contributed by atoms with E-state index in [0.29, 0.717) is 12.3 Å². The summed E-state index contributed by atoms with van der Waals surface area (Å²) in [6.45, 7) is 6.40. The fourth-order valence-electron chi connectivity index (χ4n) is 4.93. The van der Waals surface area contributed by atoms with Crippen LogP contribution in [0.5, 0.6) is 0 Å². The molecule has 1 saturated carbocycles. The van der Waals surface area contributed by atoms with Gasteiger partial charge in [0.15, 0.2) is 12.1 Å². The number of allylic oxidation sites excluding steroid dienone is 3. The summed E-state index contributed by atoms with van der Waals surface area (Å²) in [6, 6.07) is -0.563. The Morgan fingerprint density at radius 1 is 1.23 bits per heavy atom. The fraction of sp³-hybridized carbons (Fsp3) is 0.739. The summed E-state index contributed by atoms with van der Waals surface area (Å²) in [5, 5.41) is 13.2. The van der Waals surface area contributed by atoms with E-state index in [0.717, 1.165) is 12.0 Å². The number of carbonyl (C=O) groups is 2. The molecule has 166 valence electrons. The highest BCUT2D eigenvalue weighted by molar-refractivity contribution is 5.94. The maximum absolute atomic E-state index is 12.4. The van der Waals surface area contributed by atoms with E-state index in [-0.39, 0.29) is 23.9 Å². The highest BCUT2D eigenvalue weighted by Gasteiger charge is 2.79. The predicted molar refractivity (Wildman–Crippen MR) is 110 cm³/mol. The molecule has 30 heavy (non-hydrogen) atoms. The van der Waals surface area contributed by atoms with Gasteiger partial charge in [-0.05, 0) is 19.3 Å². The first-order chi connectivity index (χ1) is 14.4. The van der Waals surface area contributed by atoms with E-state index in [1.54, 1.807) is 6.08 Å². The molecular weight excluding hydrogens is 386 g/mol. The number of aliphatic hydroxyl groups excluding tert-OH is 1. The van der Waals surface area contributed by atoms with Crippen molar-refractivity contribution in [3.8, 4) is 0 Å². The second kappa shape index (κ2) is 8.54. The van der Waals surface area contributed by atoms with Gasteiger partial charge in [0.1, 0.15) is 30.0 Å². The summed E-state index contributed by atoms with van der Waals surface area (Å²) in [6.07, 6.45) is 9.12. The molecule has 4 aliphatic rings. The van der Waals surface area contributed by atoms with Gasteiger partial charge >= 0.3 is 0 Å². The Kier molecular flexibility index (Phi) is 6.17. The number of nitrogens with one attached hydrogen (secondary N) is 1. The third kappa shape index (κ3) is 4.26. The molecule has 4 rings (SSSR count). The van der Waals surface area contributed by atoms with Crippen molar-refractivity contribution in [3.05, 3.63) is 23.8 Å². The molecule has 0 radical (unpaired) electrons. The molecule has 0 aromatic rings. The molecule has 0 aromatic heterocycles. The lowest BCUT2D eigenvalue weighted by atomic mass is 9.81. The average Bonchev–Trinajstić information content (AvgIpc) is 3.60. The van der Waals surface area contributed by atoms with Gasteiger partial charge in [-0.1, -0.05) is 57.3 Å². The van der Waals surface area contributed by atoms with Crippen LogP contribution in [-0.2, 0) is 23.8 Å². The fourth-order valence-corrected chi connectivity index (χ4v) is 4.93. The number of amides is 1. The maximum Gasteiger partial charge on any atom is 0.244 e. The molecule has 1 aliphatic carbocycles. The second-order valence-electron chi connectivity index (χ2n) is 9.21. The lowest BCUT2D eigenvalue weighted by Gasteiger charge is -2.26. The molecule has 0 bridgehead atoms. The Bertz CT molecular complexity index is 726. The van der Waals surface area contributed by atoms with Crippen LogP contribution in [0.3, 0.4) is 0 Å². The Balaban J connectivity index is 1.26. The standard InChI is InChI=1S/C23H33NO6/c1-4-5-6-7-8-13(2)11-14(3)9-10-16(25)24-15-12-23(30-22(15)27)20-18(28-20)17(26)19-21(23)29-19/h9-11,13,15,18-22,27H,4-8,12H2,1-3H3,(H,24,25)/t13-,15?,18-,19+,20-,21+,22?,23?/m1/s1. The van der Waals surface area contributed by atoms with E-state index in [2.05, 4.69) is 25.2 Å². The predicted octanol–water partition coefficient (Wildman–Crippen LogP) is 2.18. The van der Waals surface area contributed by atoms with Crippen molar-refractivity contribution in [3.63, 3.8) is 0 Å². The summed E-state index contributed by atoms with van der Waals surface area (Å²) in [7, 11) is 0. The van der Waals surface area contributed by atoms with E-state index < -0.39 is 30.1 Å². The van der Waals surface area contributed by atoms with Crippen LogP contribution in [0.1, 0.15) is 59.3 Å². The second-order valence-corrected chi connectivity index (χ2v) is 9.21. The zero-order valence-corrected chi connectivity index (χ0v) is 18.0. The van der Waals surface area contributed by atoms with Crippen molar-refractivity contribution < 1.29 is 28.9 Å². The quantitative estimate of drug-likeness (QED) is 0.257. The number of carbonyl (C=O) groups excluding carboxylic acids is 2. The lowest BCUT2D eigenvalue weighted by molar-refractivity contribution is -0.159. The lowest BCUT2D eigenvalue weighted by Crippen LogP contribution is -2.49. The van der Waals surface area contributed by atoms with Crippen molar-refractivity contribution in [1.29, 1.82) is 0 Å². The highest BCUT2D eigenvalue weighted by atomic mass is 16.7. The number of unbranched alkanes of at least 4 members (excludes halogenated alkanes) is 3. The van der Waals surface area contributed by atoms with Crippen LogP contribution in [-0.4, -0.2) is 59.1 Å². The summed E-state index contributed by atoms with van der Waals surface area (Å²) in [4.78, 5) is 24.3. The zero-order chi connectivity index (χ0) is 21.5. The van der Waals surface area contributed by atoms with Gasteiger partial charge in [-0.2, -0.15) is 0 Å². The molecular formula is C23H33NO6. The number of aliphatic hydroxyl groups is 1. The molecule has 8 atom stereocenters. The number of epoxide rings is 2. The Hall–Kier alpha value is -1.54. The van der Waals surface area contributed by atoms with E-state index in [1.807, 2.05) is 6.92 Å². The third-order valence-corrected chi connectivity index (χ3v) is 6.62. The molecule has 3 heterocycles. The van der Waals surface area contributed by atoms with Gasteiger partial charge in [-0.15, -0.1) is 0 Å². The van der Waals surface area contributed by atoms with Gasteiger partial charge in [0, 0.05) is 12.5 Å².